The topological polar surface area (TPSA) is 41.6 Å². The van der Waals surface area contributed by atoms with Crippen molar-refractivity contribution in [1.82, 2.24) is 4.90 Å². The maximum Gasteiger partial charge on any atom is 0.248 e. The Balaban J connectivity index is 1.94. The molecule has 5 heteroatoms. The van der Waals surface area contributed by atoms with Crippen LogP contribution in [0.3, 0.4) is 0 Å². The van der Waals surface area contributed by atoms with Gasteiger partial charge in [0, 0.05) is 41.3 Å². The summed E-state index contributed by atoms with van der Waals surface area (Å²) in [6.45, 7) is 12.3. The molecular formula is C22H30N2O2S. The summed E-state index contributed by atoms with van der Waals surface area (Å²) in [6.07, 6.45) is 3.37. The summed E-state index contributed by atoms with van der Waals surface area (Å²) in [6, 6.07) is 10.7. The predicted molar refractivity (Wildman–Crippen MR) is 116 cm³/mol. The molecule has 1 N–H and O–H groups in total. The summed E-state index contributed by atoms with van der Waals surface area (Å²) in [5, 5.41) is 4.88. The highest BCUT2D eigenvalue weighted by molar-refractivity contribution is 7.10. The van der Waals surface area contributed by atoms with Gasteiger partial charge in [-0.05, 0) is 63.8 Å². The molecule has 0 radical (unpaired) electrons. The van der Waals surface area contributed by atoms with Crippen molar-refractivity contribution in [3.63, 3.8) is 0 Å². The van der Waals surface area contributed by atoms with Gasteiger partial charge in [0.05, 0.1) is 0 Å². The van der Waals surface area contributed by atoms with Crippen LogP contribution in [0.2, 0.25) is 0 Å². The molecule has 1 heterocycles. The number of nitrogens with zero attached hydrogens (tertiary/aromatic N) is 1. The molecule has 146 valence electrons. The van der Waals surface area contributed by atoms with Crippen LogP contribution in [0.25, 0.3) is 6.08 Å². The second-order valence-electron chi connectivity index (χ2n) is 7.09. The quantitative estimate of drug-likeness (QED) is 0.602. The molecule has 1 amide bonds. The Hall–Kier alpha value is -2.11. The Morgan fingerprint density at radius 1 is 1.22 bits per heavy atom. The van der Waals surface area contributed by atoms with E-state index in [1.54, 1.807) is 17.4 Å². The number of benzene rings is 1. The van der Waals surface area contributed by atoms with Gasteiger partial charge in [-0.3, -0.25) is 9.69 Å². The molecule has 0 saturated heterocycles. The SMILES string of the molecule is Cc1ccc(NC(=O)C=Cc2cccs2)cc1OCCN(C(C)C)C(C)C. The number of carbonyl (C=O) groups excluding carboxylic acids is 1. The molecule has 0 bridgehead atoms. The number of aryl methyl sites for hydroxylation is 1. The van der Waals surface area contributed by atoms with Crippen molar-refractivity contribution in [2.24, 2.45) is 0 Å². The molecular weight excluding hydrogens is 356 g/mol. The normalized spacial score (nSPS) is 11.7. The van der Waals surface area contributed by atoms with Crippen LogP contribution in [-0.4, -0.2) is 36.0 Å². The van der Waals surface area contributed by atoms with Crippen LogP contribution in [0.5, 0.6) is 5.75 Å². The van der Waals surface area contributed by atoms with Gasteiger partial charge in [-0.1, -0.05) is 12.1 Å². The average Bonchev–Trinajstić information content (AvgIpc) is 3.12. The fourth-order valence-corrected chi connectivity index (χ4v) is 3.55. The molecule has 2 rings (SSSR count). The van der Waals surface area contributed by atoms with Crippen molar-refractivity contribution in [2.45, 2.75) is 46.7 Å². The van der Waals surface area contributed by atoms with Crippen LogP contribution in [-0.2, 0) is 4.79 Å². The Morgan fingerprint density at radius 3 is 2.59 bits per heavy atom. The third kappa shape index (κ3) is 6.85. The molecule has 4 nitrogen and oxygen atoms in total. The first-order valence-corrected chi connectivity index (χ1v) is 10.3. The van der Waals surface area contributed by atoms with Gasteiger partial charge in [-0.15, -0.1) is 11.3 Å². The molecule has 0 spiro atoms. The highest BCUT2D eigenvalue weighted by Gasteiger charge is 2.13. The predicted octanol–water partition coefficient (Wildman–Crippen LogP) is 5.21. The molecule has 1 aromatic carbocycles. The third-order valence-corrected chi connectivity index (χ3v) is 5.17. The Bertz CT molecular complexity index is 744. The highest BCUT2D eigenvalue weighted by Crippen LogP contribution is 2.23. The lowest BCUT2D eigenvalue weighted by Crippen LogP contribution is -2.39. The number of amides is 1. The lowest BCUT2D eigenvalue weighted by molar-refractivity contribution is -0.111. The van der Waals surface area contributed by atoms with Crippen molar-refractivity contribution < 1.29 is 9.53 Å². The number of carbonyl (C=O) groups is 1. The lowest BCUT2D eigenvalue weighted by Gasteiger charge is -2.30. The van der Waals surface area contributed by atoms with Gasteiger partial charge < -0.3 is 10.1 Å². The summed E-state index contributed by atoms with van der Waals surface area (Å²) in [5.41, 5.74) is 1.80. The first-order valence-electron chi connectivity index (χ1n) is 9.38. The van der Waals surface area contributed by atoms with E-state index in [1.807, 2.05) is 48.7 Å². The van der Waals surface area contributed by atoms with Crippen LogP contribution in [0, 0.1) is 6.92 Å². The number of ether oxygens (including phenoxy) is 1. The van der Waals surface area contributed by atoms with Crippen LogP contribution in [0.1, 0.15) is 38.1 Å². The lowest BCUT2D eigenvalue weighted by atomic mass is 10.2. The molecule has 0 saturated carbocycles. The summed E-state index contributed by atoms with van der Waals surface area (Å²) < 4.78 is 6.00. The Morgan fingerprint density at radius 2 is 1.96 bits per heavy atom. The molecule has 0 aliphatic heterocycles. The second kappa shape index (κ2) is 10.3. The van der Waals surface area contributed by atoms with Gasteiger partial charge in [0.25, 0.3) is 0 Å². The molecule has 0 aliphatic carbocycles. The monoisotopic (exact) mass is 386 g/mol. The van der Waals surface area contributed by atoms with Crippen LogP contribution in [0.15, 0.2) is 41.8 Å². The van der Waals surface area contributed by atoms with Gasteiger partial charge >= 0.3 is 0 Å². The summed E-state index contributed by atoms with van der Waals surface area (Å²) in [5.74, 6) is 0.659. The number of hydrogen-bond acceptors (Lipinski definition) is 4. The summed E-state index contributed by atoms with van der Waals surface area (Å²) in [7, 11) is 0. The fraction of sp³-hybridized carbons (Fsp3) is 0.409. The molecule has 0 atom stereocenters. The molecule has 0 unspecified atom stereocenters. The number of thiophene rings is 1. The van der Waals surface area contributed by atoms with E-state index in [0.29, 0.717) is 18.7 Å². The van der Waals surface area contributed by atoms with E-state index >= 15 is 0 Å². The molecule has 1 aromatic heterocycles. The summed E-state index contributed by atoms with van der Waals surface area (Å²) in [4.78, 5) is 15.6. The van der Waals surface area contributed by atoms with E-state index in [4.69, 9.17) is 4.74 Å². The first-order chi connectivity index (χ1) is 12.9. The standard InChI is InChI=1S/C22H30N2O2S/c1-16(2)24(17(3)4)12-13-26-21-15-19(9-8-18(21)5)23-22(25)11-10-20-7-6-14-27-20/h6-11,14-17H,12-13H2,1-5H3,(H,23,25). The fourth-order valence-electron chi connectivity index (χ4n) is 2.93. The summed E-state index contributed by atoms with van der Waals surface area (Å²) >= 11 is 1.60. The van der Waals surface area contributed by atoms with E-state index in [0.717, 1.165) is 28.4 Å². The molecule has 0 fully saturated rings. The van der Waals surface area contributed by atoms with Crippen molar-refractivity contribution in [3.05, 3.63) is 52.2 Å². The number of hydrogen-bond donors (Lipinski definition) is 1. The number of anilines is 1. The van der Waals surface area contributed by atoms with Crippen molar-refractivity contribution in [1.29, 1.82) is 0 Å². The largest absolute Gasteiger partial charge is 0.492 e. The van der Waals surface area contributed by atoms with Crippen LogP contribution < -0.4 is 10.1 Å². The zero-order valence-corrected chi connectivity index (χ0v) is 17.7. The van der Waals surface area contributed by atoms with Crippen molar-refractivity contribution in [2.75, 3.05) is 18.5 Å². The van der Waals surface area contributed by atoms with E-state index in [1.165, 1.54) is 0 Å². The third-order valence-electron chi connectivity index (χ3n) is 4.33. The Labute approximate surface area is 166 Å². The second-order valence-corrected chi connectivity index (χ2v) is 8.07. The van der Waals surface area contributed by atoms with Crippen molar-refractivity contribution >= 4 is 29.0 Å². The maximum atomic E-state index is 12.1. The number of rotatable bonds is 9. The minimum Gasteiger partial charge on any atom is -0.492 e. The van der Waals surface area contributed by atoms with Gasteiger partial charge in [0.1, 0.15) is 12.4 Å². The minimum absolute atomic E-state index is 0.149. The molecule has 0 aliphatic rings. The molecule has 2 aromatic rings. The van der Waals surface area contributed by atoms with Gasteiger partial charge in [0.2, 0.25) is 5.91 Å². The molecule has 27 heavy (non-hydrogen) atoms. The maximum absolute atomic E-state index is 12.1. The number of nitrogens with one attached hydrogen (secondary N) is 1. The van der Waals surface area contributed by atoms with Crippen LogP contribution >= 0.6 is 11.3 Å². The van der Waals surface area contributed by atoms with E-state index in [2.05, 4.69) is 37.9 Å². The van der Waals surface area contributed by atoms with Crippen LogP contribution in [0.4, 0.5) is 5.69 Å². The van der Waals surface area contributed by atoms with E-state index < -0.39 is 0 Å². The first kappa shape index (κ1) is 21.2. The van der Waals surface area contributed by atoms with E-state index in [9.17, 15) is 4.79 Å². The average molecular weight is 387 g/mol. The smallest absolute Gasteiger partial charge is 0.248 e. The highest BCUT2D eigenvalue weighted by atomic mass is 32.1. The zero-order valence-electron chi connectivity index (χ0n) is 16.9. The van der Waals surface area contributed by atoms with Crippen molar-refractivity contribution in [3.8, 4) is 5.75 Å². The zero-order chi connectivity index (χ0) is 19.8. The van der Waals surface area contributed by atoms with Gasteiger partial charge in [-0.2, -0.15) is 0 Å². The minimum atomic E-state index is -0.149. The van der Waals surface area contributed by atoms with Gasteiger partial charge in [0.15, 0.2) is 0 Å². The Kier molecular flexibility index (Phi) is 8.07. The van der Waals surface area contributed by atoms with Gasteiger partial charge in [-0.25, -0.2) is 0 Å². The van der Waals surface area contributed by atoms with E-state index in [-0.39, 0.29) is 5.91 Å².